The van der Waals surface area contributed by atoms with Crippen molar-refractivity contribution in [3.8, 4) is 0 Å². The quantitative estimate of drug-likeness (QED) is 0.911. The van der Waals surface area contributed by atoms with Crippen LogP contribution in [0.4, 0.5) is 0 Å². The van der Waals surface area contributed by atoms with Crippen LogP contribution in [0.3, 0.4) is 0 Å². The number of rotatable bonds is 4. The topological polar surface area (TPSA) is 49.6 Å². The first-order chi connectivity index (χ1) is 10.3. The fourth-order valence-electron chi connectivity index (χ4n) is 3.63. The Bertz CT molecular complexity index is 470. The van der Waals surface area contributed by atoms with Crippen LogP contribution in [0, 0.1) is 0 Å². The average molecular weight is 287 g/mol. The molecule has 0 bridgehead atoms. The minimum atomic E-state index is -0.191. The first-order valence-corrected chi connectivity index (χ1v) is 8.07. The first-order valence-electron chi connectivity index (χ1n) is 8.07. The van der Waals surface area contributed by atoms with Crippen molar-refractivity contribution in [3.63, 3.8) is 0 Å². The van der Waals surface area contributed by atoms with E-state index in [0.717, 1.165) is 25.1 Å². The lowest BCUT2D eigenvalue weighted by Crippen LogP contribution is -2.40. The number of hydrogen-bond donors (Lipinski definition) is 1. The van der Waals surface area contributed by atoms with Gasteiger partial charge >= 0.3 is 0 Å². The highest BCUT2D eigenvalue weighted by atomic mass is 16.2. The third kappa shape index (κ3) is 3.11. The SMILES string of the molecule is NCC(C(=O)N1CCC(N2CCCC2)C1)c1ccccc1. The van der Waals surface area contributed by atoms with Crippen LogP contribution in [0.2, 0.25) is 0 Å². The Balaban J connectivity index is 1.64. The number of carbonyl (C=O) groups excluding carboxylic acids is 1. The lowest BCUT2D eigenvalue weighted by molar-refractivity contribution is -0.131. The third-order valence-electron chi connectivity index (χ3n) is 4.87. The Morgan fingerprint density at radius 1 is 1.19 bits per heavy atom. The van der Waals surface area contributed by atoms with E-state index in [2.05, 4.69) is 4.90 Å². The molecular formula is C17H25N3O. The normalized spacial score (nSPS) is 24.4. The molecule has 2 fully saturated rings. The van der Waals surface area contributed by atoms with Crippen LogP contribution >= 0.6 is 0 Å². The number of carbonyl (C=O) groups is 1. The van der Waals surface area contributed by atoms with Crippen molar-refractivity contribution in [2.45, 2.75) is 31.2 Å². The summed E-state index contributed by atoms with van der Waals surface area (Å²) in [5, 5.41) is 0. The lowest BCUT2D eigenvalue weighted by atomic mass is 9.98. The summed E-state index contributed by atoms with van der Waals surface area (Å²) >= 11 is 0. The molecule has 0 spiro atoms. The molecule has 0 aliphatic carbocycles. The highest BCUT2D eigenvalue weighted by molar-refractivity contribution is 5.84. The van der Waals surface area contributed by atoms with Gasteiger partial charge in [-0.1, -0.05) is 30.3 Å². The van der Waals surface area contributed by atoms with E-state index in [9.17, 15) is 4.79 Å². The minimum Gasteiger partial charge on any atom is -0.340 e. The average Bonchev–Trinajstić information content (AvgIpc) is 3.20. The molecule has 2 unspecified atom stereocenters. The van der Waals surface area contributed by atoms with Crippen LogP contribution in [-0.4, -0.2) is 54.5 Å². The van der Waals surface area contributed by atoms with Crippen molar-refractivity contribution < 1.29 is 4.79 Å². The summed E-state index contributed by atoms with van der Waals surface area (Å²) in [6.07, 6.45) is 3.72. The van der Waals surface area contributed by atoms with Gasteiger partial charge in [-0.25, -0.2) is 0 Å². The van der Waals surface area contributed by atoms with E-state index in [1.54, 1.807) is 0 Å². The van der Waals surface area contributed by atoms with Gasteiger partial charge in [-0.05, 0) is 37.9 Å². The van der Waals surface area contributed by atoms with Gasteiger partial charge in [-0.3, -0.25) is 9.69 Å². The van der Waals surface area contributed by atoms with Crippen LogP contribution in [-0.2, 0) is 4.79 Å². The zero-order valence-corrected chi connectivity index (χ0v) is 12.6. The van der Waals surface area contributed by atoms with E-state index in [0.29, 0.717) is 12.6 Å². The van der Waals surface area contributed by atoms with Gasteiger partial charge in [0.15, 0.2) is 0 Å². The molecule has 1 aromatic carbocycles. The Morgan fingerprint density at radius 2 is 1.90 bits per heavy atom. The molecule has 4 heteroatoms. The molecule has 0 saturated carbocycles. The minimum absolute atomic E-state index is 0.191. The van der Waals surface area contributed by atoms with Gasteiger partial charge in [0.1, 0.15) is 0 Å². The monoisotopic (exact) mass is 287 g/mol. The van der Waals surface area contributed by atoms with Gasteiger partial charge in [0, 0.05) is 25.7 Å². The highest BCUT2D eigenvalue weighted by Gasteiger charge is 2.34. The second kappa shape index (κ2) is 6.58. The molecule has 21 heavy (non-hydrogen) atoms. The molecule has 0 aromatic heterocycles. The van der Waals surface area contributed by atoms with Crippen molar-refractivity contribution in [3.05, 3.63) is 35.9 Å². The number of nitrogens with two attached hydrogens (primary N) is 1. The Kier molecular flexibility index (Phi) is 4.56. The van der Waals surface area contributed by atoms with Crippen molar-refractivity contribution in [1.29, 1.82) is 0 Å². The molecule has 4 nitrogen and oxygen atoms in total. The van der Waals surface area contributed by atoms with Crippen molar-refractivity contribution in [2.24, 2.45) is 5.73 Å². The molecule has 1 amide bonds. The molecule has 2 saturated heterocycles. The standard InChI is InChI=1S/C17H25N3O/c18-12-16(14-6-2-1-3-7-14)17(21)20-11-8-15(13-20)19-9-4-5-10-19/h1-3,6-7,15-16H,4-5,8-13,18H2. The highest BCUT2D eigenvalue weighted by Crippen LogP contribution is 2.24. The summed E-state index contributed by atoms with van der Waals surface area (Å²) in [7, 11) is 0. The summed E-state index contributed by atoms with van der Waals surface area (Å²) < 4.78 is 0. The molecule has 2 heterocycles. The molecule has 1 aromatic rings. The van der Waals surface area contributed by atoms with Crippen LogP contribution in [0.15, 0.2) is 30.3 Å². The van der Waals surface area contributed by atoms with E-state index in [4.69, 9.17) is 5.73 Å². The van der Waals surface area contributed by atoms with Crippen molar-refractivity contribution in [1.82, 2.24) is 9.80 Å². The van der Waals surface area contributed by atoms with E-state index < -0.39 is 0 Å². The van der Waals surface area contributed by atoms with Gasteiger partial charge in [0.25, 0.3) is 0 Å². The van der Waals surface area contributed by atoms with Gasteiger partial charge < -0.3 is 10.6 Å². The van der Waals surface area contributed by atoms with Gasteiger partial charge in [0.2, 0.25) is 5.91 Å². The summed E-state index contributed by atoms with van der Waals surface area (Å²) in [5.41, 5.74) is 6.91. The largest absolute Gasteiger partial charge is 0.340 e. The molecule has 2 N–H and O–H groups in total. The molecule has 3 rings (SSSR count). The number of benzene rings is 1. The maximum atomic E-state index is 12.8. The maximum Gasteiger partial charge on any atom is 0.231 e. The van der Waals surface area contributed by atoms with E-state index in [1.165, 1.54) is 25.9 Å². The third-order valence-corrected chi connectivity index (χ3v) is 4.87. The van der Waals surface area contributed by atoms with E-state index in [-0.39, 0.29) is 11.8 Å². The fraction of sp³-hybridized carbons (Fsp3) is 0.588. The Hall–Kier alpha value is -1.39. The predicted octanol–water partition coefficient (Wildman–Crippen LogP) is 1.43. The Morgan fingerprint density at radius 3 is 2.57 bits per heavy atom. The molecule has 114 valence electrons. The van der Waals surface area contributed by atoms with Crippen LogP contribution in [0.25, 0.3) is 0 Å². The van der Waals surface area contributed by atoms with Crippen molar-refractivity contribution in [2.75, 3.05) is 32.7 Å². The summed E-state index contributed by atoms with van der Waals surface area (Å²) in [6.45, 7) is 4.54. The number of amides is 1. The maximum absolute atomic E-state index is 12.8. The van der Waals surface area contributed by atoms with Crippen LogP contribution in [0.1, 0.15) is 30.7 Å². The zero-order valence-electron chi connectivity index (χ0n) is 12.6. The smallest absolute Gasteiger partial charge is 0.231 e. The van der Waals surface area contributed by atoms with E-state index in [1.807, 2.05) is 35.2 Å². The zero-order chi connectivity index (χ0) is 14.7. The second-order valence-corrected chi connectivity index (χ2v) is 6.17. The molecule has 2 aliphatic rings. The summed E-state index contributed by atoms with van der Waals surface area (Å²) in [4.78, 5) is 17.3. The number of nitrogens with zero attached hydrogens (tertiary/aromatic N) is 2. The first kappa shape index (κ1) is 14.5. The predicted molar refractivity (Wildman–Crippen MR) is 84.0 cm³/mol. The molecule has 2 aliphatic heterocycles. The number of likely N-dealkylation sites (tertiary alicyclic amines) is 2. The van der Waals surface area contributed by atoms with Crippen LogP contribution < -0.4 is 5.73 Å². The van der Waals surface area contributed by atoms with Crippen molar-refractivity contribution >= 4 is 5.91 Å². The lowest BCUT2D eigenvalue weighted by Gasteiger charge is -2.26. The van der Waals surface area contributed by atoms with Gasteiger partial charge in [0.05, 0.1) is 5.92 Å². The summed E-state index contributed by atoms with van der Waals surface area (Å²) in [6, 6.07) is 10.5. The second-order valence-electron chi connectivity index (χ2n) is 6.17. The fourth-order valence-corrected chi connectivity index (χ4v) is 3.63. The summed E-state index contributed by atoms with van der Waals surface area (Å²) in [5.74, 6) is 0.00826. The van der Waals surface area contributed by atoms with Gasteiger partial charge in [-0.2, -0.15) is 0 Å². The van der Waals surface area contributed by atoms with Crippen LogP contribution in [0.5, 0.6) is 0 Å². The number of hydrogen-bond acceptors (Lipinski definition) is 3. The van der Waals surface area contributed by atoms with E-state index >= 15 is 0 Å². The molecule has 0 radical (unpaired) electrons. The molecular weight excluding hydrogens is 262 g/mol. The molecule has 2 atom stereocenters. The Labute approximate surface area is 126 Å². The van der Waals surface area contributed by atoms with Gasteiger partial charge in [-0.15, -0.1) is 0 Å².